The van der Waals surface area contributed by atoms with Gasteiger partial charge in [0.2, 0.25) is 5.89 Å². The minimum atomic E-state index is 0.568. The molecule has 28 heavy (non-hydrogen) atoms. The summed E-state index contributed by atoms with van der Waals surface area (Å²) in [6.45, 7) is 0. The van der Waals surface area contributed by atoms with Crippen molar-refractivity contribution in [2.75, 3.05) is 5.32 Å². The number of benzene rings is 1. The van der Waals surface area contributed by atoms with E-state index in [9.17, 15) is 0 Å². The van der Waals surface area contributed by atoms with Crippen LogP contribution in [0.4, 0.5) is 5.82 Å². The third-order valence-electron chi connectivity index (χ3n) is 4.62. The van der Waals surface area contributed by atoms with Crippen molar-refractivity contribution in [2.45, 2.75) is 38.1 Å². The Hall–Kier alpha value is -3.00. The zero-order chi connectivity index (χ0) is 19.2. The van der Waals surface area contributed by atoms with Crippen LogP contribution >= 0.6 is 11.6 Å². The zero-order valence-corrected chi connectivity index (χ0v) is 15.9. The Morgan fingerprint density at radius 1 is 1.07 bits per heavy atom. The highest BCUT2D eigenvalue weighted by atomic mass is 35.5. The van der Waals surface area contributed by atoms with Gasteiger partial charge in [-0.15, -0.1) is 0 Å². The highest BCUT2D eigenvalue weighted by Gasteiger charge is 2.16. The van der Waals surface area contributed by atoms with Crippen molar-refractivity contribution in [3.05, 3.63) is 59.6 Å². The standard InChI is InChI=1S/C10H13N5.C9H7ClN2O/c1-2-4-7(3-1)14-9-8-5-13-15-10(8)12-6-11-9;10-8-3-1-7(2-4-8)5-9-11-6-12-13-9/h5-7H,1-4H2,(H2,11,12,13,14,15);1-4,6H,5H2. The van der Waals surface area contributed by atoms with Crippen LogP contribution < -0.4 is 5.32 Å². The quantitative estimate of drug-likeness (QED) is 0.535. The van der Waals surface area contributed by atoms with Gasteiger partial charge in [-0.2, -0.15) is 10.1 Å². The fraction of sp³-hybridized carbons (Fsp3) is 0.316. The second-order valence-electron chi connectivity index (χ2n) is 6.62. The molecule has 1 aromatic carbocycles. The van der Waals surface area contributed by atoms with E-state index in [0.717, 1.165) is 27.4 Å². The van der Waals surface area contributed by atoms with Gasteiger partial charge in [0.15, 0.2) is 12.0 Å². The summed E-state index contributed by atoms with van der Waals surface area (Å²) in [4.78, 5) is 12.3. The molecule has 4 aromatic rings. The summed E-state index contributed by atoms with van der Waals surface area (Å²) in [5.41, 5.74) is 1.90. The molecule has 144 valence electrons. The number of nitrogens with one attached hydrogen (secondary N) is 2. The van der Waals surface area contributed by atoms with Crippen LogP contribution in [0.25, 0.3) is 11.0 Å². The molecule has 8 nitrogen and oxygen atoms in total. The molecular formula is C19H20ClN7O. The summed E-state index contributed by atoms with van der Waals surface area (Å²) < 4.78 is 4.87. The van der Waals surface area contributed by atoms with Gasteiger partial charge in [-0.05, 0) is 30.5 Å². The molecule has 9 heteroatoms. The second-order valence-corrected chi connectivity index (χ2v) is 7.05. The third kappa shape index (κ3) is 4.64. The molecular weight excluding hydrogens is 378 g/mol. The Morgan fingerprint density at radius 2 is 1.89 bits per heavy atom. The molecule has 0 atom stereocenters. The minimum absolute atomic E-state index is 0.568. The first kappa shape index (κ1) is 18.4. The van der Waals surface area contributed by atoms with Gasteiger partial charge < -0.3 is 9.84 Å². The molecule has 0 saturated heterocycles. The molecule has 0 bridgehead atoms. The molecule has 0 spiro atoms. The Kier molecular flexibility index (Phi) is 5.77. The van der Waals surface area contributed by atoms with E-state index in [2.05, 4.69) is 35.6 Å². The Bertz CT molecular complexity index is 995. The number of hydrogen-bond acceptors (Lipinski definition) is 7. The SMILES string of the molecule is Clc1ccc(Cc2ncno2)cc1.c1nc(NC2CCCC2)c2cn[nH]c2n1. The summed E-state index contributed by atoms with van der Waals surface area (Å²) >= 11 is 5.74. The van der Waals surface area contributed by atoms with E-state index >= 15 is 0 Å². The van der Waals surface area contributed by atoms with Gasteiger partial charge in [-0.25, -0.2) is 9.97 Å². The van der Waals surface area contributed by atoms with Gasteiger partial charge in [0, 0.05) is 11.1 Å². The summed E-state index contributed by atoms with van der Waals surface area (Å²) in [7, 11) is 0. The highest BCUT2D eigenvalue weighted by molar-refractivity contribution is 6.30. The smallest absolute Gasteiger partial charge is 0.230 e. The first-order chi connectivity index (χ1) is 13.8. The molecule has 1 aliphatic rings. The molecule has 2 N–H and O–H groups in total. The molecule has 3 heterocycles. The fourth-order valence-electron chi connectivity index (χ4n) is 3.19. The molecule has 0 radical (unpaired) electrons. The van der Waals surface area contributed by atoms with Crippen LogP contribution in [0.2, 0.25) is 5.02 Å². The number of rotatable bonds is 4. The van der Waals surface area contributed by atoms with E-state index in [4.69, 9.17) is 16.1 Å². The average molecular weight is 398 g/mol. The van der Waals surface area contributed by atoms with Crippen molar-refractivity contribution in [1.82, 2.24) is 30.3 Å². The molecule has 1 saturated carbocycles. The topological polar surface area (TPSA) is 105 Å². The fourth-order valence-corrected chi connectivity index (χ4v) is 3.32. The van der Waals surface area contributed by atoms with Gasteiger partial charge in [-0.1, -0.05) is 41.7 Å². The monoisotopic (exact) mass is 397 g/mol. The predicted molar refractivity (Wildman–Crippen MR) is 106 cm³/mol. The number of halogens is 1. The van der Waals surface area contributed by atoms with Crippen molar-refractivity contribution in [3.8, 4) is 0 Å². The van der Waals surface area contributed by atoms with Gasteiger partial charge in [0.05, 0.1) is 18.0 Å². The largest absolute Gasteiger partial charge is 0.367 e. The summed E-state index contributed by atoms with van der Waals surface area (Å²) in [5.74, 6) is 1.52. The van der Waals surface area contributed by atoms with Crippen molar-refractivity contribution < 1.29 is 4.52 Å². The maximum atomic E-state index is 5.74. The first-order valence-electron chi connectivity index (χ1n) is 9.18. The Morgan fingerprint density at radius 3 is 2.64 bits per heavy atom. The number of anilines is 1. The minimum Gasteiger partial charge on any atom is -0.367 e. The summed E-state index contributed by atoms with van der Waals surface area (Å²) in [6, 6.07) is 8.12. The van der Waals surface area contributed by atoms with Crippen LogP contribution in [-0.2, 0) is 6.42 Å². The number of aromatic amines is 1. The lowest BCUT2D eigenvalue weighted by atomic mass is 10.1. The predicted octanol–water partition coefficient (Wildman–Crippen LogP) is 4.02. The number of nitrogens with zero attached hydrogens (tertiary/aromatic N) is 5. The van der Waals surface area contributed by atoms with Crippen LogP contribution in [0.5, 0.6) is 0 Å². The van der Waals surface area contributed by atoms with E-state index in [1.54, 1.807) is 12.5 Å². The molecule has 3 aromatic heterocycles. The van der Waals surface area contributed by atoms with Crippen LogP contribution in [0.15, 0.2) is 47.6 Å². The lowest BCUT2D eigenvalue weighted by Crippen LogP contribution is -2.15. The summed E-state index contributed by atoms with van der Waals surface area (Å²) in [5, 5.41) is 15.5. The maximum Gasteiger partial charge on any atom is 0.230 e. The van der Waals surface area contributed by atoms with E-state index in [1.165, 1.54) is 32.0 Å². The van der Waals surface area contributed by atoms with Crippen molar-refractivity contribution in [1.29, 1.82) is 0 Å². The van der Waals surface area contributed by atoms with Crippen molar-refractivity contribution in [2.24, 2.45) is 0 Å². The lowest BCUT2D eigenvalue weighted by Gasteiger charge is -2.12. The third-order valence-corrected chi connectivity index (χ3v) is 4.87. The number of H-pyrrole nitrogens is 1. The van der Waals surface area contributed by atoms with Gasteiger partial charge in [0.25, 0.3) is 0 Å². The van der Waals surface area contributed by atoms with E-state index in [0.29, 0.717) is 18.4 Å². The van der Waals surface area contributed by atoms with E-state index < -0.39 is 0 Å². The molecule has 1 aliphatic carbocycles. The van der Waals surface area contributed by atoms with Gasteiger partial charge in [0.1, 0.15) is 12.1 Å². The number of hydrogen-bond donors (Lipinski definition) is 2. The van der Waals surface area contributed by atoms with Gasteiger partial charge >= 0.3 is 0 Å². The van der Waals surface area contributed by atoms with E-state index in [-0.39, 0.29) is 0 Å². The maximum absolute atomic E-state index is 5.74. The molecule has 1 fully saturated rings. The molecule has 5 rings (SSSR count). The van der Waals surface area contributed by atoms with Crippen LogP contribution in [0.3, 0.4) is 0 Å². The lowest BCUT2D eigenvalue weighted by molar-refractivity contribution is 0.384. The van der Waals surface area contributed by atoms with Gasteiger partial charge in [-0.3, -0.25) is 5.10 Å². The van der Waals surface area contributed by atoms with E-state index in [1.807, 2.05) is 24.3 Å². The van der Waals surface area contributed by atoms with Crippen LogP contribution in [0.1, 0.15) is 37.1 Å². The van der Waals surface area contributed by atoms with Crippen molar-refractivity contribution in [3.63, 3.8) is 0 Å². The second kappa shape index (κ2) is 8.79. The highest BCUT2D eigenvalue weighted by Crippen LogP contribution is 2.24. The molecule has 0 amide bonds. The average Bonchev–Trinajstić information content (AvgIpc) is 3.47. The normalized spacial score (nSPS) is 14.0. The Balaban J connectivity index is 0.000000139. The zero-order valence-electron chi connectivity index (χ0n) is 15.2. The van der Waals surface area contributed by atoms with Crippen LogP contribution in [-0.4, -0.2) is 36.3 Å². The number of fused-ring (bicyclic) bond motifs is 1. The van der Waals surface area contributed by atoms with Crippen molar-refractivity contribution >= 4 is 28.5 Å². The first-order valence-corrected chi connectivity index (χ1v) is 9.56. The Labute approximate surface area is 166 Å². The van der Waals surface area contributed by atoms with Crippen LogP contribution in [0, 0.1) is 0 Å². The number of aromatic nitrogens is 6. The molecule has 0 aliphatic heterocycles. The summed E-state index contributed by atoms with van der Waals surface area (Å²) in [6.07, 6.45) is 10.5. The molecule has 0 unspecified atom stereocenters.